The summed E-state index contributed by atoms with van der Waals surface area (Å²) in [6.07, 6.45) is 7.53. The number of rotatable bonds is 3. The maximum absolute atomic E-state index is 12.4. The Morgan fingerprint density at radius 1 is 1.47 bits per heavy atom. The lowest BCUT2D eigenvalue weighted by Crippen LogP contribution is -2.23. The third-order valence-corrected chi connectivity index (χ3v) is 3.90. The standard InChI is InChI=1S/C15H21NO/c1-3-12-5-4-6-13(10-12)15(17)14-9-11(2)7-8-16-14/h7-9,12-13H,3-6,10H2,1-2H3. The van der Waals surface area contributed by atoms with Gasteiger partial charge in [-0.05, 0) is 43.4 Å². The van der Waals surface area contributed by atoms with Gasteiger partial charge in [-0.2, -0.15) is 0 Å². The maximum Gasteiger partial charge on any atom is 0.184 e. The second-order valence-electron chi connectivity index (χ2n) is 5.22. The van der Waals surface area contributed by atoms with Gasteiger partial charge in [0.2, 0.25) is 0 Å². The molecular weight excluding hydrogens is 210 g/mol. The summed E-state index contributed by atoms with van der Waals surface area (Å²) in [6.45, 7) is 4.23. The van der Waals surface area contributed by atoms with Crippen LogP contribution in [0.25, 0.3) is 0 Å². The summed E-state index contributed by atoms with van der Waals surface area (Å²) >= 11 is 0. The molecule has 2 atom stereocenters. The molecule has 2 nitrogen and oxygen atoms in total. The summed E-state index contributed by atoms with van der Waals surface area (Å²) < 4.78 is 0. The van der Waals surface area contributed by atoms with E-state index in [1.807, 2.05) is 19.1 Å². The Morgan fingerprint density at radius 3 is 3.00 bits per heavy atom. The normalized spacial score (nSPS) is 24.6. The first kappa shape index (κ1) is 12.3. The van der Waals surface area contributed by atoms with E-state index >= 15 is 0 Å². The highest BCUT2D eigenvalue weighted by atomic mass is 16.1. The average molecular weight is 231 g/mol. The molecule has 2 heteroatoms. The summed E-state index contributed by atoms with van der Waals surface area (Å²) in [7, 11) is 0. The van der Waals surface area contributed by atoms with Gasteiger partial charge in [0.25, 0.3) is 0 Å². The summed E-state index contributed by atoms with van der Waals surface area (Å²) in [5.74, 6) is 1.21. The zero-order chi connectivity index (χ0) is 12.3. The predicted molar refractivity (Wildman–Crippen MR) is 69.0 cm³/mol. The van der Waals surface area contributed by atoms with E-state index in [2.05, 4.69) is 11.9 Å². The molecule has 1 aromatic rings. The highest BCUT2D eigenvalue weighted by Gasteiger charge is 2.27. The molecule has 2 rings (SSSR count). The number of pyridine rings is 1. The van der Waals surface area contributed by atoms with Crippen molar-refractivity contribution >= 4 is 5.78 Å². The van der Waals surface area contributed by atoms with Gasteiger partial charge in [-0.25, -0.2) is 0 Å². The fraction of sp³-hybridized carbons (Fsp3) is 0.600. The maximum atomic E-state index is 12.4. The summed E-state index contributed by atoms with van der Waals surface area (Å²) in [6, 6.07) is 3.85. The smallest absolute Gasteiger partial charge is 0.184 e. The Bertz CT molecular complexity index is 400. The molecule has 2 unspecified atom stereocenters. The van der Waals surface area contributed by atoms with Crippen molar-refractivity contribution in [2.45, 2.75) is 46.0 Å². The highest BCUT2D eigenvalue weighted by Crippen LogP contribution is 2.32. The van der Waals surface area contributed by atoms with E-state index in [4.69, 9.17) is 0 Å². The van der Waals surface area contributed by atoms with Crippen molar-refractivity contribution in [1.29, 1.82) is 0 Å². The van der Waals surface area contributed by atoms with Gasteiger partial charge < -0.3 is 0 Å². The molecule has 0 amide bonds. The van der Waals surface area contributed by atoms with Gasteiger partial charge >= 0.3 is 0 Å². The molecule has 0 saturated heterocycles. The van der Waals surface area contributed by atoms with Crippen LogP contribution in [-0.4, -0.2) is 10.8 Å². The van der Waals surface area contributed by atoms with Crippen LogP contribution in [0.3, 0.4) is 0 Å². The molecular formula is C15H21NO. The third kappa shape index (κ3) is 2.93. The van der Waals surface area contributed by atoms with Crippen LogP contribution in [0, 0.1) is 18.8 Å². The lowest BCUT2D eigenvalue weighted by molar-refractivity contribution is 0.0856. The van der Waals surface area contributed by atoms with Crippen LogP contribution in [0.2, 0.25) is 0 Å². The summed E-state index contributed by atoms with van der Waals surface area (Å²) in [5, 5.41) is 0. The molecule has 1 saturated carbocycles. The first-order valence-corrected chi connectivity index (χ1v) is 6.67. The van der Waals surface area contributed by atoms with Gasteiger partial charge in [-0.15, -0.1) is 0 Å². The van der Waals surface area contributed by atoms with E-state index in [0.717, 1.165) is 24.3 Å². The number of carbonyl (C=O) groups excluding carboxylic acids is 1. The van der Waals surface area contributed by atoms with Crippen molar-refractivity contribution in [2.75, 3.05) is 0 Å². The van der Waals surface area contributed by atoms with Crippen LogP contribution >= 0.6 is 0 Å². The van der Waals surface area contributed by atoms with E-state index in [1.54, 1.807) is 6.20 Å². The molecule has 0 aromatic carbocycles. The topological polar surface area (TPSA) is 30.0 Å². The van der Waals surface area contributed by atoms with Crippen LogP contribution < -0.4 is 0 Å². The van der Waals surface area contributed by atoms with Crippen LogP contribution in [0.4, 0.5) is 0 Å². The molecule has 1 aliphatic carbocycles. The van der Waals surface area contributed by atoms with E-state index in [9.17, 15) is 4.79 Å². The van der Waals surface area contributed by atoms with Crippen LogP contribution in [0.1, 0.15) is 55.1 Å². The zero-order valence-electron chi connectivity index (χ0n) is 10.8. The molecule has 0 aliphatic heterocycles. The Kier molecular flexibility index (Phi) is 3.93. The number of aryl methyl sites for hydroxylation is 1. The van der Waals surface area contributed by atoms with Gasteiger partial charge in [0.05, 0.1) is 0 Å². The van der Waals surface area contributed by atoms with Crippen LogP contribution in [-0.2, 0) is 0 Å². The van der Waals surface area contributed by atoms with E-state index in [0.29, 0.717) is 5.69 Å². The minimum absolute atomic E-state index is 0.211. The Morgan fingerprint density at radius 2 is 2.29 bits per heavy atom. The number of hydrogen-bond acceptors (Lipinski definition) is 2. The van der Waals surface area contributed by atoms with Crippen molar-refractivity contribution in [3.63, 3.8) is 0 Å². The van der Waals surface area contributed by atoms with Gasteiger partial charge in [0.15, 0.2) is 5.78 Å². The lowest BCUT2D eigenvalue weighted by Gasteiger charge is -2.27. The largest absolute Gasteiger partial charge is 0.292 e. The summed E-state index contributed by atoms with van der Waals surface area (Å²) in [4.78, 5) is 16.6. The average Bonchev–Trinajstić information content (AvgIpc) is 2.38. The Balaban J connectivity index is 2.09. The number of carbonyl (C=O) groups is 1. The molecule has 0 N–H and O–H groups in total. The van der Waals surface area contributed by atoms with Crippen LogP contribution in [0.5, 0.6) is 0 Å². The van der Waals surface area contributed by atoms with Crippen molar-refractivity contribution in [1.82, 2.24) is 4.98 Å². The quantitative estimate of drug-likeness (QED) is 0.741. The molecule has 0 bridgehead atoms. The molecule has 92 valence electrons. The lowest BCUT2D eigenvalue weighted by atomic mass is 9.77. The minimum Gasteiger partial charge on any atom is -0.292 e. The minimum atomic E-state index is 0.211. The van der Waals surface area contributed by atoms with E-state index in [1.165, 1.54) is 19.3 Å². The number of ketones is 1. The molecule has 1 aliphatic rings. The predicted octanol–water partition coefficient (Wildman–Crippen LogP) is 3.79. The fourth-order valence-corrected chi connectivity index (χ4v) is 2.78. The van der Waals surface area contributed by atoms with Crippen LogP contribution in [0.15, 0.2) is 18.3 Å². The van der Waals surface area contributed by atoms with Crippen molar-refractivity contribution in [3.8, 4) is 0 Å². The third-order valence-electron chi connectivity index (χ3n) is 3.90. The van der Waals surface area contributed by atoms with E-state index < -0.39 is 0 Å². The van der Waals surface area contributed by atoms with Crippen molar-refractivity contribution < 1.29 is 4.79 Å². The first-order valence-electron chi connectivity index (χ1n) is 6.67. The molecule has 0 spiro atoms. The van der Waals surface area contributed by atoms with Crippen molar-refractivity contribution in [3.05, 3.63) is 29.6 Å². The van der Waals surface area contributed by atoms with Crippen molar-refractivity contribution in [2.24, 2.45) is 11.8 Å². The van der Waals surface area contributed by atoms with Gasteiger partial charge in [0.1, 0.15) is 5.69 Å². The molecule has 17 heavy (non-hydrogen) atoms. The fourth-order valence-electron chi connectivity index (χ4n) is 2.78. The summed E-state index contributed by atoms with van der Waals surface area (Å²) in [5.41, 5.74) is 1.78. The monoisotopic (exact) mass is 231 g/mol. The second-order valence-corrected chi connectivity index (χ2v) is 5.22. The number of nitrogens with zero attached hydrogens (tertiary/aromatic N) is 1. The van der Waals surface area contributed by atoms with Gasteiger partial charge in [-0.3, -0.25) is 9.78 Å². The number of hydrogen-bond donors (Lipinski definition) is 0. The second kappa shape index (κ2) is 5.44. The molecule has 1 aromatic heterocycles. The van der Waals surface area contributed by atoms with Gasteiger partial charge in [-0.1, -0.05) is 26.2 Å². The number of aromatic nitrogens is 1. The van der Waals surface area contributed by atoms with E-state index in [-0.39, 0.29) is 11.7 Å². The first-order chi connectivity index (χ1) is 8.20. The highest BCUT2D eigenvalue weighted by molar-refractivity contribution is 5.96. The van der Waals surface area contributed by atoms with Gasteiger partial charge in [0, 0.05) is 12.1 Å². The molecule has 0 radical (unpaired) electrons. The Labute approximate surface area is 103 Å². The number of Topliss-reactive ketones (excluding diaryl/α,β-unsaturated/α-hetero) is 1. The molecule has 1 fully saturated rings. The SMILES string of the molecule is CCC1CCCC(C(=O)c2cc(C)ccn2)C1. The Hall–Kier alpha value is -1.18. The molecule has 1 heterocycles. The zero-order valence-corrected chi connectivity index (χ0v) is 10.8.